The number of β-amino-alcohol motifs (C(OH)–C–C–N with tert-alkyl or cyclic N) is 1. The molecule has 1 unspecified atom stereocenters. The molecule has 1 saturated heterocycles. The van der Waals surface area contributed by atoms with Crippen molar-refractivity contribution in [1.82, 2.24) is 13.5 Å². The summed E-state index contributed by atoms with van der Waals surface area (Å²) in [5.74, 6) is 0. The summed E-state index contributed by atoms with van der Waals surface area (Å²) in [7, 11) is -0.241. The highest BCUT2D eigenvalue weighted by Gasteiger charge is 2.29. The second kappa shape index (κ2) is 6.85. The fourth-order valence-corrected chi connectivity index (χ4v) is 3.49. The lowest BCUT2D eigenvalue weighted by molar-refractivity contribution is 0.0911. The molecule has 0 radical (unpaired) electrons. The van der Waals surface area contributed by atoms with E-state index in [2.05, 4.69) is 4.90 Å². The average Bonchev–Trinajstić information content (AvgIpc) is 2.48. The lowest BCUT2D eigenvalue weighted by Gasteiger charge is -2.35. The molecule has 0 aromatic heterocycles. The molecule has 1 aliphatic rings. The van der Waals surface area contributed by atoms with Crippen LogP contribution in [0.3, 0.4) is 0 Å². The van der Waals surface area contributed by atoms with Crippen LogP contribution in [0, 0.1) is 0 Å². The Kier molecular flexibility index (Phi) is 5.34. The fraction of sp³-hybridized carbons (Fsp3) is 0.571. The van der Waals surface area contributed by atoms with Gasteiger partial charge in [0.1, 0.15) is 0 Å². The number of piperazine rings is 1. The van der Waals surface area contributed by atoms with E-state index < -0.39 is 16.3 Å². The highest BCUT2D eigenvalue weighted by atomic mass is 32.2. The van der Waals surface area contributed by atoms with Crippen LogP contribution in [0.5, 0.6) is 0 Å². The molecule has 7 heteroatoms. The van der Waals surface area contributed by atoms with Gasteiger partial charge in [-0.05, 0) is 5.56 Å². The molecule has 0 spiro atoms. The molecular weight excluding hydrogens is 290 g/mol. The van der Waals surface area contributed by atoms with Gasteiger partial charge in [0.25, 0.3) is 10.2 Å². The average molecular weight is 313 g/mol. The number of hydrogen-bond donors (Lipinski definition) is 1. The maximum atomic E-state index is 12.0. The Bertz CT molecular complexity index is 540. The van der Waals surface area contributed by atoms with Crippen LogP contribution in [0.15, 0.2) is 30.3 Å². The van der Waals surface area contributed by atoms with E-state index in [4.69, 9.17) is 0 Å². The van der Waals surface area contributed by atoms with E-state index in [1.165, 1.54) is 8.61 Å². The highest BCUT2D eigenvalue weighted by Crippen LogP contribution is 2.16. The Morgan fingerprint density at radius 1 is 1.14 bits per heavy atom. The molecule has 1 N–H and O–H groups in total. The molecule has 1 aromatic rings. The van der Waals surface area contributed by atoms with Crippen LogP contribution in [0.25, 0.3) is 0 Å². The van der Waals surface area contributed by atoms with Crippen LogP contribution in [-0.4, -0.2) is 73.9 Å². The van der Waals surface area contributed by atoms with Gasteiger partial charge in [-0.1, -0.05) is 30.3 Å². The number of hydrogen-bond acceptors (Lipinski definition) is 4. The van der Waals surface area contributed by atoms with E-state index in [1.807, 2.05) is 30.3 Å². The van der Waals surface area contributed by atoms with Gasteiger partial charge in [-0.15, -0.1) is 0 Å². The number of nitrogens with zero attached hydrogens (tertiary/aromatic N) is 3. The lowest BCUT2D eigenvalue weighted by Crippen LogP contribution is -2.52. The van der Waals surface area contributed by atoms with Crippen molar-refractivity contribution in [2.45, 2.75) is 6.10 Å². The van der Waals surface area contributed by atoms with E-state index in [0.717, 1.165) is 5.56 Å². The summed E-state index contributed by atoms with van der Waals surface area (Å²) in [5, 5.41) is 10.2. The quantitative estimate of drug-likeness (QED) is 0.840. The Morgan fingerprint density at radius 2 is 1.71 bits per heavy atom. The maximum Gasteiger partial charge on any atom is 0.281 e. The summed E-state index contributed by atoms with van der Waals surface area (Å²) in [5.41, 5.74) is 0.890. The first-order chi connectivity index (χ1) is 9.91. The molecule has 2 rings (SSSR count). The van der Waals surface area contributed by atoms with Crippen LogP contribution in [0.4, 0.5) is 0 Å². The molecule has 1 aliphatic heterocycles. The summed E-state index contributed by atoms with van der Waals surface area (Å²) in [6, 6.07) is 9.52. The largest absolute Gasteiger partial charge is 0.387 e. The van der Waals surface area contributed by atoms with E-state index in [9.17, 15) is 13.5 Å². The van der Waals surface area contributed by atoms with E-state index in [-0.39, 0.29) is 0 Å². The summed E-state index contributed by atoms with van der Waals surface area (Å²) < 4.78 is 26.8. The second-order valence-electron chi connectivity index (χ2n) is 5.42. The standard InChI is InChI=1S/C14H23N3O3S/c1-15(2)21(19,20)17-10-8-16(9-11-17)12-14(18)13-6-4-3-5-7-13/h3-7,14,18H,8-12H2,1-2H3. The zero-order valence-corrected chi connectivity index (χ0v) is 13.3. The van der Waals surface area contributed by atoms with Crippen molar-refractivity contribution in [3.8, 4) is 0 Å². The molecule has 0 aliphatic carbocycles. The molecule has 21 heavy (non-hydrogen) atoms. The van der Waals surface area contributed by atoms with Gasteiger partial charge in [0.15, 0.2) is 0 Å². The van der Waals surface area contributed by atoms with E-state index >= 15 is 0 Å². The van der Waals surface area contributed by atoms with Crippen molar-refractivity contribution in [2.24, 2.45) is 0 Å². The predicted molar refractivity (Wildman–Crippen MR) is 82.0 cm³/mol. The third kappa shape index (κ3) is 4.02. The molecule has 0 amide bonds. The Morgan fingerprint density at radius 3 is 2.24 bits per heavy atom. The fourth-order valence-electron chi connectivity index (χ4n) is 2.40. The minimum Gasteiger partial charge on any atom is -0.387 e. The molecule has 118 valence electrons. The number of aliphatic hydroxyl groups is 1. The normalized spacial score (nSPS) is 19.8. The van der Waals surface area contributed by atoms with Crippen LogP contribution in [0.2, 0.25) is 0 Å². The minimum absolute atomic E-state index is 0.460. The van der Waals surface area contributed by atoms with Crippen molar-refractivity contribution < 1.29 is 13.5 Å². The lowest BCUT2D eigenvalue weighted by atomic mass is 10.1. The highest BCUT2D eigenvalue weighted by molar-refractivity contribution is 7.86. The van der Waals surface area contributed by atoms with Gasteiger partial charge in [-0.25, -0.2) is 0 Å². The summed E-state index contributed by atoms with van der Waals surface area (Å²) in [4.78, 5) is 2.10. The van der Waals surface area contributed by atoms with Crippen molar-refractivity contribution in [2.75, 3.05) is 46.8 Å². The molecule has 1 heterocycles. The zero-order chi connectivity index (χ0) is 15.5. The Labute approximate surface area is 126 Å². The van der Waals surface area contributed by atoms with Gasteiger partial charge >= 0.3 is 0 Å². The zero-order valence-electron chi connectivity index (χ0n) is 12.5. The predicted octanol–water partition coefficient (Wildman–Crippen LogP) is 0.144. The van der Waals surface area contributed by atoms with Crippen molar-refractivity contribution in [3.63, 3.8) is 0 Å². The second-order valence-corrected chi connectivity index (χ2v) is 7.56. The smallest absolute Gasteiger partial charge is 0.281 e. The topological polar surface area (TPSA) is 64.1 Å². The van der Waals surface area contributed by atoms with Crippen molar-refractivity contribution >= 4 is 10.2 Å². The van der Waals surface area contributed by atoms with E-state index in [0.29, 0.717) is 32.7 Å². The monoisotopic (exact) mass is 313 g/mol. The maximum absolute atomic E-state index is 12.0. The molecule has 0 bridgehead atoms. The summed E-state index contributed by atoms with van der Waals surface area (Å²) in [6.45, 7) is 2.72. The van der Waals surface area contributed by atoms with Crippen LogP contribution in [-0.2, 0) is 10.2 Å². The Balaban J connectivity index is 1.88. The third-order valence-corrected chi connectivity index (χ3v) is 5.68. The summed E-state index contributed by atoms with van der Waals surface area (Å²) in [6.07, 6.45) is -0.539. The Hall–Kier alpha value is -0.990. The van der Waals surface area contributed by atoms with Crippen molar-refractivity contribution in [1.29, 1.82) is 0 Å². The van der Waals surface area contributed by atoms with Crippen LogP contribution in [0.1, 0.15) is 11.7 Å². The van der Waals surface area contributed by atoms with E-state index in [1.54, 1.807) is 14.1 Å². The molecular formula is C14H23N3O3S. The van der Waals surface area contributed by atoms with Gasteiger partial charge in [0, 0.05) is 46.8 Å². The molecule has 1 aromatic carbocycles. The summed E-state index contributed by atoms with van der Waals surface area (Å²) >= 11 is 0. The molecule has 1 atom stereocenters. The molecule has 6 nitrogen and oxygen atoms in total. The van der Waals surface area contributed by atoms with Gasteiger partial charge in [-0.2, -0.15) is 17.0 Å². The first kappa shape index (κ1) is 16.4. The first-order valence-electron chi connectivity index (χ1n) is 7.04. The minimum atomic E-state index is -3.33. The third-order valence-electron chi connectivity index (χ3n) is 3.73. The number of rotatable bonds is 5. The van der Waals surface area contributed by atoms with Gasteiger partial charge in [0.05, 0.1) is 6.10 Å². The molecule has 0 saturated carbocycles. The van der Waals surface area contributed by atoms with Gasteiger partial charge in [-0.3, -0.25) is 4.90 Å². The van der Waals surface area contributed by atoms with Crippen molar-refractivity contribution in [3.05, 3.63) is 35.9 Å². The van der Waals surface area contributed by atoms with Crippen LogP contribution >= 0.6 is 0 Å². The first-order valence-corrected chi connectivity index (χ1v) is 8.44. The van der Waals surface area contributed by atoms with Crippen LogP contribution < -0.4 is 0 Å². The van der Waals surface area contributed by atoms with Gasteiger partial charge in [0.2, 0.25) is 0 Å². The van der Waals surface area contributed by atoms with Gasteiger partial charge < -0.3 is 5.11 Å². The molecule has 1 fully saturated rings. The number of benzene rings is 1. The SMILES string of the molecule is CN(C)S(=O)(=O)N1CCN(CC(O)c2ccccc2)CC1. The number of aliphatic hydroxyl groups excluding tert-OH is 1.